The van der Waals surface area contributed by atoms with Crippen molar-refractivity contribution in [3.63, 3.8) is 0 Å². The summed E-state index contributed by atoms with van der Waals surface area (Å²) in [6, 6.07) is 7.95. The SMILES string of the molecule is CC(C)COc1ccc(Cn2nnnc2CN)cc1. The van der Waals surface area contributed by atoms with Gasteiger partial charge in [-0.1, -0.05) is 26.0 Å². The largest absolute Gasteiger partial charge is 0.493 e. The molecule has 19 heavy (non-hydrogen) atoms. The first kappa shape index (κ1) is 13.5. The second kappa shape index (κ2) is 6.29. The van der Waals surface area contributed by atoms with Gasteiger partial charge in [0.25, 0.3) is 0 Å². The minimum atomic E-state index is 0.336. The van der Waals surface area contributed by atoms with E-state index in [0.717, 1.165) is 17.9 Å². The van der Waals surface area contributed by atoms with Gasteiger partial charge in [-0.2, -0.15) is 0 Å². The third-order valence-electron chi connectivity index (χ3n) is 2.63. The van der Waals surface area contributed by atoms with E-state index in [-0.39, 0.29) is 0 Å². The topological polar surface area (TPSA) is 78.8 Å². The molecule has 2 rings (SSSR count). The maximum Gasteiger partial charge on any atom is 0.165 e. The summed E-state index contributed by atoms with van der Waals surface area (Å²) in [6.45, 7) is 5.93. The summed E-state index contributed by atoms with van der Waals surface area (Å²) in [6.07, 6.45) is 0. The highest BCUT2D eigenvalue weighted by molar-refractivity contribution is 5.27. The summed E-state index contributed by atoms with van der Waals surface area (Å²) in [5.74, 6) is 2.08. The van der Waals surface area contributed by atoms with E-state index in [0.29, 0.717) is 24.8 Å². The van der Waals surface area contributed by atoms with E-state index in [2.05, 4.69) is 29.4 Å². The van der Waals surface area contributed by atoms with Gasteiger partial charge < -0.3 is 10.5 Å². The van der Waals surface area contributed by atoms with Crippen LogP contribution in [0.25, 0.3) is 0 Å². The number of benzene rings is 1. The molecule has 0 bridgehead atoms. The number of ether oxygens (including phenoxy) is 1. The molecule has 0 aliphatic heterocycles. The zero-order valence-corrected chi connectivity index (χ0v) is 11.3. The summed E-state index contributed by atoms with van der Waals surface area (Å²) in [5.41, 5.74) is 6.67. The Balaban J connectivity index is 1.98. The van der Waals surface area contributed by atoms with E-state index < -0.39 is 0 Å². The fourth-order valence-corrected chi connectivity index (χ4v) is 1.62. The van der Waals surface area contributed by atoms with Gasteiger partial charge in [0, 0.05) is 0 Å². The van der Waals surface area contributed by atoms with Gasteiger partial charge >= 0.3 is 0 Å². The van der Waals surface area contributed by atoms with Gasteiger partial charge in [0.2, 0.25) is 0 Å². The van der Waals surface area contributed by atoms with E-state index in [4.69, 9.17) is 10.5 Å². The van der Waals surface area contributed by atoms with Crippen molar-refractivity contribution in [2.24, 2.45) is 11.7 Å². The van der Waals surface area contributed by atoms with E-state index >= 15 is 0 Å². The average Bonchev–Trinajstić information content (AvgIpc) is 2.85. The average molecular weight is 261 g/mol. The molecule has 0 saturated heterocycles. The first-order chi connectivity index (χ1) is 9.19. The van der Waals surface area contributed by atoms with Crippen LogP contribution >= 0.6 is 0 Å². The van der Waals surface area contributed by atoms with Crippen molar-refractivity contribution in [1.29, 1.82) is 0 Å². The van der Waals surface area contributed by atoms with Crippen LogP contribution in [0.3, 0.4) is 0 Å². The molecular formula is C13H19N5O. The highest BCUT2D eigenvalue weighted by Crippen LogP contribution is 2.14. The maximum absolute atomic E-state index is 5.64. The van der Waals surface area contributed by atoms with Crippen LogP contribution in [0.1, 0.15) is 25.2 Å². The van der Waals surface area contributed by atoms with Crippen molar-refractivity contribution >= 4 is 0 Å². The molecule has 0 radical (unpaired) electrons. The van der Waals surface area contributed by atoms with Crippen LogP contribution in [0.15, 0.2) is 24.3 Å². The molecule has 0 aliphatic rings. The normalized spacial score (nSPS) is 10.9. The van der Waals surface area contributed by atoms with Crippen LogP contribution in [0.5, 0.6) is 5.75 Å². The van der Waals surface area contributed by atoms with Gasteiger partial charge in [0.15, 0.2) is 5.82 Å². The number of nitrogens with two attached hydrogens (primary N) is 1. The molecule has 6 nitrogen and oxygen atoms in total. The lowest BCUT2D eigenvalue weighted by molar-refractivity contribution is 0.271. The molecule has 0 spiro atoms. The molecule has 0 unspecified atom stereocenters. The molecule has 1 heterocycles. The van der Waals surface area contributed by atoms with Crippen molar-refractivity contribution < 1.29 is 4.74 Å². The molecule has 0 atom stereocenters. The second-order valence-electron chi connectivity index (χ2n) is 4.81. The zero-order chi connectivity index (χ0) is 13.7. The Bertz CT molecular complexity index is 506. The van der Waals surface area contributed by atoms with Gasteiger partial charge in [-0.3, -0.25) is 0 Å². The Hall–Kier alpha value is -1.95. The van der Waals surface area contributed by atoms with E-state index in [1.807, 2.05) is 24.3 Å². The first-order valence-electron chi connectivity index (χ1n) is 6.36. The smallest absolute Gasteiger partial charge is 0.165 e. The Morgan fingerprint density at radius 2 is 2.00 bits per heavy atom. The quantitative estimate of drug-likeness (QED) is 0.845. The predicted molar refractivity (Wildman–Crippen MR) is 71.6 cm³/mol. The number of hydrogen-bond donors (Lipinski definition) is 1. The van der Waals surface area contributed by atoms with Gasteiger partial charge in [-0.05, 0) is 34.0 Å². The lowest BCUT2D eigenvalue weighted by Gasteiger charge is -2.09. The van der Waals surface area contributed by atoms with Crippen LogP contribution < -0.4 is 10.5 Å². The highest BCUT2D eigenvalue weighted by Gasteiger charge is 2.04. The van der Waals surface area contributed by atoms with Gasteiger partial charge in [-0.15, -0.1) is 5.10 Å². The van der Waals surface area contributed by atoms with Crippen molar-refractivity contribution in [2.75, 3.05) is 6.61 Å². The Morgan fingerprint density at radius 1 is 1.26 bits per heavy atom. The first-order valence-corrected chi connectivity index (χ1v) is 6.36. The van der Waals surface area contributed by atoms with Gasteiger partial charge in [0.05, 0.1) is 19.7 Å². The highest BCUT2D eigenvalue weighted by atomic mass is 16.5. The summed E-state index contributed by atoms with van der Waals surface area (Å²) >= 11 is 0. The molecule has 0 fully saturated rings. The van der Waals surface area contributed by atoms with Crippen molar-refractivity contribution in [2.45, 2.75) is 26.9 Å². The summed E-state index contributed by atoms with van der Waals surface area (Å²) in [7, 11) is 0. The van der Waals surface area contributed by atoms with Crippen LogP contribution in [-0.4, -0.2) is 26.8 Å². The molecule has 0 saturated carbocycles. The maximum atomic E-state index is 5.64. The fourth-order valence-electron chi connectivity index (χ4n) is 1.62. The predicted octanol–water partition coefficient (Wildman–Crippen LogP) is 1.21. The monoisotopic (exact) mass is 261 g/mol. The van der Waals surface area contributed by atoms with E-state index in [9.17, 15) is 0 Å². The minimum Gasteiger partial charge on any atom is -0.493 e. The zero-order valence-electron chi connectivity index (χ0n) is 11.3. The standard InChI is InChI=1S/C13H19N5O/c1-10(2)9-19-12-5-3-11(4-6-12)8-18-13(7-14)15-16-17-18/h3-6,10H,7-9,14H2,1-2H3. The third-order valence-corrected chi connectivity index (χ3v) is 2.63. The van der Waals surface area contributed by atoms with Gasteiger partial charge in [0.1, 0.15) is 5.75 Å². The lowest BCUT2D eigenvalue weighted by Crippen LogP contribution is -2.10. The van der Waals surface area contributed by atoms with Crippen LogP contribution in [0.2, 0.25) is 0 Å². The van der Waals surface area contributed by atoms with Crippen molar-refractivity contribution in [3.05, 3.63) is 35.7 Å². The number of tetrazole rings is 1. The number of hydrogen-bond acceptors (Lipinski definition) is 5. The molecular weight excluding hydrogens is 242 g/mol. The summed E-state index contributed by atoms with van der Waals surface area (Å²) in [5, 5.41) is 11.4. The summed E-state index contributed by atoms with van der Waals surface area (Å²) in [4.78, 5) is 0. The molecule has 0 aliphatic carbocycles. The van der Waals surface area contributed by atoms with Gasteiger partial charge in [-0.25, -0.2) is 4.68 Å². The van der Waals surface area contributed by atoms with Crippen LogP contribution in [-0.2, 0) is 13.1 Å². The number of rotatable bonds is 6. The molecule has 102 valence electrons. The van der Waals surface area contributed by atoms with E-state index in [1.165, 1.54) is 0 Å². The van der Waals surface area contributed by atoms with Crippen LogP contribution in [0, 0.1) is 5.92 Å². The van der Waals surface area contributed by atoms with Crippen LogP contribution in [0.4, 0.5) is 0 Å². The van der Waals surface area contributed by atoms with Crippen molar-refractivity contribution in [1.82, 2.24) is 20.2 Å². The Morgan fingerprint density at radius 3 is 2.63 bits per heavy atom. The number of aromatic nitrogens is 4. The second-order valence-corrected chi connectivity index (χ2v) is 4.81. The molecule has 1 aromatic carbocycles. The fraction of sp³-hybridized carbons (Fsp3) is 0.462. The molecule has 6 heteroatoms. The summed E-state index contributed by atoms with van der Waals surface area (Å²) < 4.78 is 7.33. The lowest BCUT2D eigenvalue weighted by atomic mass is 10.2. The molecule has 1 aromatic heterocycles. The minimum absolute atomic E-state index is 0.336. The Labute approximate surface area is 112 Å². The van der Waals surface area contributed by atoms with Crippen molar-refractivity contribution in [3.8, 4) is 5.75 Å². The molecule has 2 N–H and O–H groups in total. The molecule has 2 aromatic rings. The third kappa shape index (κ3) is 3.75. The Kier molecular flexibility index (Phi) is 4.46. The number of nitrogens with zero attached hydrogens (tertiary/aromatic N) is 4. The molecule has 0 amide bonds. The van der Waals surface area contributed by atoms with E-state index in [1.54, 1.807) is 4.68 Å².